The molecule has 2 bridgehead atoms. The molecule has 4 aliphatic heterocycles. The van der Waals surface area contributed by atoms with Crippen LogP contribution < -0.4 is 10.1 Å². The first-order valence-electron chi connectivity index (χ1n) is 11.7. The van der Waals surface area contributed by atoms with Crippen LogP contribution in [0.3, 0.4) is 0 Å². The number of benzene rings is 1. The van der Waals surface area contributed by atoms with Crippen molar-refractivity contribution in [2.75, 3.05) is 26.7 Å². The van der Waals surface area contributed by atoms with Gasteiger partial charge >= 0.3 is 6.03 Å². The number of fused-ring (bicyclic) bond motifs is 4. The smallest absolute Gasteiger partial charge is 0.325 e. The van der Waals surface area contributed by atoms with Crippen LogP contribution in [0.1, 0.15) is 37.7 Å². The lowest BCUT2D eigenvalue weighted by Crippen LogP contribution is -2.61. The molecule has 1 N–H and O–H groups in total. The van der Waals surface area contributed by atoms with E-state index in [-0.39, 0.29) is 42.6 Å². The minimum absolute atomic E-state index is 0.0313. The second-order valence-electron chi connectivity index (χ2n) is 9.64. The van der Waals surface area contributed by atoms with Gasteiger partial charge in [0, 0.05) is 32.1 Å². The number of hydrogen-bond acceptors (Lipinski definition) is 5. The fraction of sp³-hybridized carbons (Fsp3) is 0.583. The van der Waals surface area contributed by atoms with Crippen molar-refractivity contribution in [2.45, 2.75) is 50.7 Å². The van der Waals surface area contributed by atoms with Gasteiger partial charge in [-0.3, -0.25) is 19.3 Å². The maximum absolute atomic E-state index is 13.1. The number of imide groups is 1. The molecule has 4 unspecified atom stereocenters. The number of urea groups is 1. The molecule has 1 aromatic carbocycles. The summed E-state index contributed by atoms with van der Waals surface area (Å²) in [4.78, 5) is 55.8. The van der Waals surface area contributed by atoms with Gasteiger partial charge in [-0.2, -0.15) is 0 Å². The zero-order valence-electron chi connectivity index (χ0n) is 18.9. The van der Waals surface area contributed by atoms with E-state index in [0.717, 1.165) is 36.3 Å². The van der Waals surface area contributed by atoms with E-state index in [9.17, 15) is 19.2 Å². The Hall–Kier alpha value is -3.10. The van der Waals surface area contributed by atoms with Gasteiger partial charge in [-0.1, -0.05) is 12.1 Å². The van der Waals surface area contributed by atoms with Crippen LogP contribution in [-0.2, 0) is 20.9 Å². The summed E-state index contributed by atoms with van der Waals surface area (Å²) in [6.45, 7) is 2.10. The van der Waals surface area contributed by atoms with Gasteiger partial charge in [-0.25, -0.2) is 4.79 Å². The number of piperidine rings is 3. The first-order chi connectivity index (χ1) is 15.9. The van der Waals surface area contributed by atoms with Gasteiger partial charge in [-0.15, -0.1) is 0 Å². The average molecular weight is 455 g/mol. The first-order valence-corrected chi connectivity index (χ1v) is 11.7. The van der Waals surface area contributed by atoms with E-state index in [2.05, 4.69) is 5.32 Å². The van der Waals surface area contributed by atoms with E-state index < -0.39 is 12.1 Å². The molecule has 0 spiro atoms. The molecule has 5 rings (SSSR count). The Bertz CT molecular complexity index is 964. The quantitative estimate of drug-likeness (QED) is 0.678. The van der Waals surface area contributed by atoms with E-state index in [1.54, 1.807) is 19.2 Å². The topological polar surface area (TPSA) is 99.3 Å². The number of methoxy groups -OCH3 is 1. The Balaban J connectivity index is 1.20. The van der Waals surface area contributed by atoms with E-state index in [1.807, 2.05) is 21.9 Å². The predicted octanol–water partition coefficient (Wildman–Crippen LogP) is 1.37. The van der Waals surface area contributed by atoms with Gasteiger partial charge in [0.05, 0.1) is 20.1 Å². The highest BCUT2D eigenvalue weighted by atomic mass is 16.5. The molecule has 1 aromatic rings. The average Bonchev–Trinajstić information content (AvgIpc) is 3.07. The third-order valence-corrected chi connectivity index (χ3v) is 7.52. The van der Waals surface area contributed by atoms with Gasteiger partial charge in [0.2, 0.25) is 11.8 Å². The van der Waals surface area contributed by atoms with Crippen LogP contribution in [0, 0.1) is 11.8 Å². The largest absolute Gasteiger partial charge is 0.497 e. The van der Waals surface area contributed by atoms with Gasteiger partial charge in [0.25, 0.3) is 5.91 Å². The van der Waals surface area contributed by atoms with Crippen LogP contribution in [0.5, 0.6) is 5.75 Å². The fourth-order valence-corrected chi connectivity index (χ4v) is 5.90. The highest BCUT2D eigenvalue weighted by Crippen LogP contribution is 2.38. The second kappa shape index (κ2) is 8.68. The van der Waals surface area contributed by atoms with Crippen LogP contribution in [-0.4, -0.2) is 77.3 Å². The van der Waals surface area contributed by atoms with Crippen LogP contribution in [0.15, 0.2) is 24.3 Å². The molecule has 4 atom stereocenters. The molecule has 5 amide bonds. The SMILES string of the molecule is COc1ccc(CN2C(=O)NC(CC(=O)N3CC4CC(C3)C3CCCC(=O)N3C4)C2=O)cc1. The van der Waals surface area contributed by atoms with Crippen molar-refractivity contribution in [1.29, 1.82) is 0 Å². The molecule has 0 aliphatic carbocycles. The number of nitrogens with zero attached hydrogens (tertiary/aromatic N) is 3. The number of rotatable bonds is 5. The van der Waals surface area contributed by atoms with Crippen LogP contribution in [0.25, 0.3) is 0 Å². The molecule has 0 radical (unpaired) electrons. The normalized spacial score (nSPS) is 29.1. The van der Waals surface area contributed by atoms with Gasteiger partial charge in [0.15, 0.2) is 0 Å². The number of amides is 5. The molecule has 0 aromatic heterocycles. The maximum atomic E-state index is 13.1. The van der Waals surface area contributed by atoms with Crippen LogP contribution in [0.2, 0.25) is 0 Å². The molecule has 4 heterocycles. The van der Waals surface area contributed by atoms with E-state index in [1.165, 1.54) is 0 Å². The third kappa shape index (κ3) is 4.16. The third-order valence-electron chi connectivity index (χ3n) is 7.52. The Kier molecular flexibility index (Phi) is 5.72. The summed E-state index contributed by atoms with van der Waals surface area (Å²) < 4.78 is 5.14. The van der Waals surface area contributed by atoms with E-state index in [0.29, 0.717) is 31.2 Å². The van der Waals surface area contributed by atoms with Crippen molar-refractivity contribution in [3.05, 3.63) is 29.8 Å². The molecule has 176 valence electrons. The lowest BCUT2D eigenvalue weighted by atomic mass is 9.76. The molecule has 4 saturated heterocycles. The minimum Gasteiger partial charge on any atom is -0.497 e. The second-order valence-corrected chi connectivity index (χ2v) is 9.64. The Morgan fingerprint density at radius 1 is 1.12 bits per heavy atom. The molecule has 4 fully saturated rings. The Morgan fingerprint density at radius 3 is 2.67 bits per heavy atom. The Labute approximate surface area is 193 Å². The number of ether oxygens (including phenoxy) is 1. The highest BCUT2D eigenvalue weighted by molar-refractivity contribution is 6.05. The summed E-state index contributed by atoms with van der Waals surface area (Å²) >= 11 is 0. The molecule has 9 nitrogen and oxygen atoms in total. The standard InChI is InChI=1S/C24H30N4O5/c1-33-18-7-5-15(6-8-18)12-28-23(31)19(25-24(28)32)10-22(30)26-11-16-9-17(14-26)20-3-2-4-21(29)27(20)13-16/h5-8,16-17,19-20H,2-4,9-14H2,1H3,(H,25,32). The zero-order valence-corrected chi connectivity index (χ0v) is 18.9. The number of carbonyl (C=O) groups is 4. The summed E-state index contributed by atoms with van der Waals surface area (Å²) in [5.41, 5.74) is 0.807. The number of carbonyl (C=O) groups excluding carboxylic acids is 4. The molecule has 0 saturated carbocycles. The number of likely N-dealkylation sites (tertiary alicyclic amines) is 1. The molecular weight excluding hydrogens is 424 g/mol. The molecule has 9 heteroatoms. The van der Waals surface area contributed by atoms with Crippen molar-refractivity contribution >= 4 is 23.8 Å². The zero-order chi connectivity index (χ0) is 23.1. The van der Waals surface area contributed by atoms with Crippen LogP contribution >= 0.6 is 0 Å². The monoisotopic (exact) mass is 454 g/mol. The maximum Gasteiger partial charge on any atom is 0.325 e. The first kappa shape index (κ1) is 21.7. The Morgan fingerprint density at radius 2 is 1.91 bits per heavy atom. The van der Waals surface area contributed by atoms with Gasteiger partial charge in [0.1, 0.15) is 11.8 Å². The summed E-state index contributed by atoms with van der Waals surface area (Å²) in [6, 6.07) is 6.10. The van der Waals surface area contributed by atoms with Gasteiger partial charge in [-0.05, 0) is 48.8 Å². The van der Waals surface area contributed by atoms with Gasteiger partial charge < -0.3 is 19.9 Å². The molecule has 33 heavy (non-hydrogen) atoms. The lowest BCUT2D eigenvalue weighted by Gasteiger charge is -2.52. The van der Waals surface area contributed by atoms with Crippen molar-refractivity contribution in [3.63, 3.8) is 0 Å². The summed E-state index contributed by atoms with van der Waals surface area (Å²) in [7, 11) is 1.58. The van der Waals surface area contributed by atoms with Crippen molar-refractivity contribution in [1.82, 2.24) is 20.0 Å². The lowest BCUT2D eigenvalue weighted by molar-refractivity contribution is -0.149. The number of hydrogen-bond donors (Lipinski definition) is 1. The molecule has 4 aliphatic rings. The highest BCUT2D eigenvalue weighted by Gasteiger charge is 2.46. The van der Waals surface area contributed by atoms with Crippen molar-refractivity contribution in [2.24, 2.45) is 11.8 Å². The predicted molar refractivity (Wildman–Crippen MR) is 118 cm³/mol. The molecular formula is C24H30N4O5. The van der Waals surface area contributed by atoms with Crippen molar-refractivity contribution < 1.29 is 23.9 Å². The number of nitrogens with one attached hydrogen (secondary N) is 1. The van der Waals surface area contributed by atoms with Crippen LogP contribution in [0.4, 0.5) is 4.79 Å². The van der Waals surface area contributed by atoms with E-state index in [4.69, 9.17) is 4.74 Å². The minimum atomic E-state index is -0.835. The van der Waals surface area contributed by atoms with E-state index >= 15 is 0 Å². The van der Waals surface area contributed by atoms with Crippen molar-refractivity contribution in [3.8, 4) is 5.75 Å². The fourth-order valence-electron chi connectivity index (χ4n) is 5.90. The summed E-state index contributed by atoms with van der Waals surface area (Å²) in [5.74, 6) is 1.05. The summed E-state index contributed by atoms with van der Waals surface area (Å²) in [6.07, 6.45) is 3.57. The summed E-state index contributed by atoms with van der Waals surface area (Å²) in [5, 5.41) is 2.68.